The second-order valence-corrected chi connectivity index (χ2v) is 4.20. The summed E-state index contributed by atoms with van der Waals surface area (Å²) >= 11 is 0. The highest BCUT2D eigenvalue weighted by molar-refractivity contribution is 6.04. The summed E-state index contributed by atoms with van der Waals surface area (Å²) in [6.07, 6.45) is 0. The summed E-state index contributed by atoms with van der Waals surface area (Å²) < 4.78 is 12.7. The number of halogens is 1. The first-order valence-electron chi connectivity index (χ1n) is 5.99. The Morgan fingerprint density at radius 2 is 1.70 bits per heavy atom. The van der Waals surface area contributed by atoms with Crippen molar-refractivity contribution >= 4 is 17.4 Å². The first-order chi connectivity index (χ1) is 9.58. The van der Waals surface area contributed by atoms with Gasteiger partial charge in [-0.25, -0.2) is 4.39 Å². The molecule has 0 atom stereocenters. The number of carbonyl (C=O) groups is 2. The van der Waals surface area contributed by atoms with Crippen molar-refractivity contribution in [3.8, 4) is 0 Å². The zero-order chi connectivity index (χ0) is 14.5. The summed E-state index contributed by atoms with van der Waals surface area (Å²) in [7, 11) is 0. The molecule has 0 spiro atoms. The average molecular weight is 272 g/mol. The van der Waals surface area contributed by atoms with E-state index >= 15 is 0 Å². The zero-order valence-electron chi connectivity index (χ0n) is 10.6. The van der Waals surface area contributed by atoms with Gasteiger partial charge in [-0.3, -0.25) is 9.59 Å². The van der Waals surface area contributed by atoms with E-state index in [-0.39, 0.29) is 12.3 Å². The molecule has 1 amide bonds. The normalized spacial score (nSPS) is 10.1. The lowest BCUT2D eigenvalue weighted by atomic mass is 10.1. The molecule has 0 aromatic heterocycles. The van der Waals surface area contributed by atoms with Crippen LogP contribution in [0.4, 0.5) is 10.1 Å². The van der Waals surface area contributed by atoms with Gasteiger partial charge in [0.05, 0.1) is 12.1 Å². The van der Waals surface area contributed by atoms with Crippen LogP contribution in [0.5, 0.6) is 0 Å². The standard InChI is InChI=1S/C15H13FN2O2/c16-11-7-5-10(6-8-11)14(19)9-18-15(20)12-3-1-2-4-13(12)17/h1-8H,9,17H2,(H,18,20). The minimum Gasteiger partial charge on any atom is -0.398 e. The van der Waals surface area contributed by atoms with Crippen molar-refractivity contribution in [2.24, 2.45) is 0 Å². The van der Waals surface area contributed by atoms with Gasteiger partial charge in [-0.05, 0) is 36.4 Å². The van der Waals surface area contributed by atoms with Gasteiger partial charge in [0.2, 0.25) is 0 Å². The quantitative estimate of drug-likeness (QED) is 0.660. The summed E-state index contributed by atoms with van der Waals surface area (Å²) in [5, 5.41) is 2.49. The van der Waals surface area contributed by atoms with Gasteiger partial charge in [-0.1, -0.05) is 12.1 Å². The summed E-state index contributed by atoms with van der Waals surface area (Å²) in [6.45, 7) is -0.168. The van der Waals surface area contributed by atoms with Crippen LogP contribution in [0.1, 0.15) is 20.7 Å². The lowest BCUT2D eigenvalue weighted by Gasteiger charge is -2.06. The smallest absolute Gasteiger partial charge is 0.253 e. The predicted molar refractivity (Wildman–Crippen MR) is 73.9 cm³/mol. The minimum absolute atomic E-state index is 0.168. The van der Waals surface area contributed by atoms with Crippen molar-refractivity contribution < 1.29 is 14.0 Å². The fraction of sp³-hybridized carbons (Fsp3) is 0.0667. The molecule has 0 unspecified atom stereocenters. The molecule has 0 saturated heterocycles. The first-order valence-corrected chi connectivity index (χ1v) is 5.99. The van der Waals surface area contributed by atoms with Crippen molar-refractivity contribution in [3.63, 3.8) is 0 Å². The number of carbonyl (C=O) groups excluding carboxylic acids is 2. The van der Waals surface area contributed by atoms with Crippen LogP contribution in [0.25, 0.3) is 0 Å². The van der Waals surface area contributed by atoms with Gasteiger partial charge < -0.3 is 11.1 Å². The Labute approximate surface area is 115 Å². The number of Topliss-reactive ketones (excluding diaryl/α,β-unsaturated/α-hetero) is 1. The van der Waals surface area contributed by atoms with E-state index in [0.717, 1.165) is 0 Å². The molecule has 3 N–H and O–H groups in total. The molecule has 0 radical (unpaired) electrons. The highest BCUT2D eigenvalue weighted by atomic mass is 19.1. The number of para-hydroxylation sites is 1. The summed E-state index contributed by atoms with van der Waals surface area (Å²) in [4.78, 5) is 23.7. The average Bonchev–Trinajstić information content (AvgIpc) is 2.45. The first kappa shape index (κ1) is 13.7. The van der Waals surface area contributed by atoms with Crippen molar-refractivity contribution in [2.75, 3.05) is 12.3 Å². The number of rotatable bonds is 4. The van der Waals surface area contributed by atoms with Gasteiger partial charge in [-0.2, -0.15) is 0 Å². The summed E-state index contributed by atoms with van der Waals surface area (Å²) in [6, 6.07) is 11.7. The minimum atomic E-state index is -0.418. The third kappa shape index (κ3) is 3.20. The maximum Gasteiger partial charge on any atom is 0.253 e. The van der Waals surface area contributed by atoms with Gasteiger partial charge in [0.15, 0.2) is 5.78 Å². The van der Waals surface area contributed by atoms with Gasteiger partial charge in [0.1, 0.15) is 5.82 Å². The predicted octanol–water partition coefficient (Wildman–Crippen LogP) is 2.02. The van der Waals surface area contributed by atoms with Crippen molar-refractivity contribution in [2.45, 2.75) is 0 Å². The molecule has 5 heteroatoms. The second kappa shape index (κ2) is 5.97. The number of hydrogen-bond donors (Lipinski definition) is 2. The number of anilines is 1. The topological polar surface area (TPSA) is 72.2 Å². The van der Waals surface area contributed by atoms with E-state index in [0.29, 0.717) is 16.8 Å². The fourth-order valence-electron chi connectivity index (χ4n) is 1.70. The highest BCUT2D eigenvalue weighted by Gasteiger charge is 2.11. The second-order valence-electron chi connectivity index (χ2n) is 4.20. The number of ketones is 1. The molecule has 102 valence electrons. The van der Waals surface area contributed by atoms with Crippen LogP contribution in [-0.2, 0) is 0 Å². The van der Waals surface area contributed by atoms with Crippen LogP contribution in [0, 0.1) is 5.82 Å². The monoisotopic (exact) mass is 272 g/mol. The zero-order valence-corrected chi connectivity index (χ0v) is 10.6. The van der Waals surface area contributed by atoms with Crippen molar-refractivity contribution in [1.82, 2.24) is 5.32 Å². The maximum atomic E-state index is 12.7. The van der Waals surface area contributed by atoms with Crippen molar-refractivity contribution in [1.29, 1.82) is 0 Å². The number of amides is 1. The van der Waals surface area contributed by atoms with Gasteiger partial charge in [0.25, 0.3) is 5.91 Å². The van der Waals surface area contributed by atoms with E-state index in [4.69, 9.17) is 5.73 Å². The largest absolute Gasteiger partial charge is 0.398 e. The molecule has 0 saturated carbocycles. The molecule has 2 aromatic carbocycles. The molecule has 0 aliphatic heterocycles. The van der Waals surface area contributed by atoms with Crippen LogP contribution in [0.15, 0.2) is 48.5 Å². The highest BCUT2D eigenvalue weighted by Crippen LogP contribution is 2.10. The lowest BCUT2D eigenvalue weighted by Crippen LogP contribution is -2.30. The molecular formula is C15H13FN2O2. The molecule has 0 fully saturated rings. The number of nitrogens with two attached hydrogens (primary N) is 1. The fourth-order valence-corrected chi connectivity index (χ4v) is 1.70. The number of hydrogen-bond acceptors (Lipinski definition) is 3. The van der Waals surface area contributed by atoms with Crippen LogP contribution < -0.4 is 11.1 Å². The molecule has 2 rings (SSSR count). The summed E-state index contributed by atoms with van der Waals surface area (Å²) in [5.74, 6) is -1.13. The number of nitrogens with one attached hydrogen (secondary N) is 1. The van der Waals surface area contributed by atoms with E-state index < -0.39 is 11.7 Å². The molecular weight excluding hydrogens is 259 g/mol. The number of benzene rings is 2. The van der Waals surface area contributed by atoms with Crippen LogP contribution >= 0.6 is 0 Å². The molecule has 2 aromatic rings. The van der Waals surface area contributed by atoms with Crippen LogP contribution in [0.2, 0.25) is 0 Å². The third-order valence-electron chi connectivity index (χ3n) is 2.78. The van der Waals surface area contributed by atoms with E-state index in [1.807, 2.05) is 0 Å². The Morgan fingerprint density at radius 3 is 2.35 bits per heavy atom. The SMILES string of the molecule is Nc1ccccc1C(=O)NCC(=O)c1ccc(F)cc1. The van der Waals surface area contributed by atoms with Gasteiger partial charge >= 0.3 is 0 Å². The molecule has 4 nitrogen and oxygen atoms in total. The van der Waals surface area contributed by atoms with Gasteiger partial charge in [0, 0.05) is 11.3 Å². The summed E-state index contributed by atoms with van der Waals surface area (Å²) in [5.41, 5.74) is 6.67. The van der Waals surface area contributed by atoms with Crippen LogP contribution in [0.3, 0.4) is 0 Å². The Morgan fingerprint density at radius 1 is 1.05 bits per heavy atom. The van der Waals surface area contributed by atoms with E-state index in [1.54, 1.807) is 24.3 Å². The molecule has 0 aliphatic carbocycles. The molecule has 0 aliphatic rings. The van der Waals surface area contributed by atoms with Crippen molar-refractivity contribution in [3.05, 3.63) is 65.5 Å². The molecule has 20 heavy (non-hydrogen) atoms. The van der Waals surface area contributed by atoms with Crippen LogP contribution in [-0.4, -0.2) is 18.2 Å². The molecule has 0 bridgehead atoms. The van der Waals surface area contributed by atoms with Gasteiger partial charge in [-0.15, -0.1) is 0 Å². The Balaban J connectivity index is 1.99. The maximum absolute atomic E-state index is 12.7. The van der Waals surface area contributed by atoms with E-state index in [2.05, 4.69) is 5.32 Å². The Kier molecular flexibility index (Phi) is 4.10. The molecule has 0 heterocycles. The third-order valence-corrected chi connectivity index (χ3v) is 2.78. The lowest BCUT2D eigenvalue weighted by molar-refractivity contribution is 0.0904. The number of nitrogen functional groups attached to an aromatic ring is 1. The van der Waals surface area contributed by atoms with E-state index in [1.165, 1.54) is 24.3 Å². The Hall–Kier alpha value is -2.69. The van der Waals surface area contributed by atoms with E-state index in [9.17, 15) is 14.0 Å². The Bertz CT molecular complexity index is 639.